The highest BCUT2D eigenvalue weighted by molar-refractivity contribution is 5.28. The second-order valence-electron chi connectivity index (χ2n) is 5.96. The van der Waals surface area contributed by atoms with Gasteiger partial charge >= 0.3 is 0 Å². The van der Waals surface area contributed by atoms with Crippen molar-refractivity contribution in [2.75, 3.05) is 6.61 Å². The average molecular weight is 261 g/mol. The Hall–Kier alpha value is -1.02. The smallest absolute Gasteiger partial charge is 0.119 e. The molecule has 0 saturated heterocycles. The Morgan fingerprint density at radius 1 is 1.26 bits per heavy atom. The topological polar surface area (TPSA) is 21.3 Å². The molecule has 0 aromatic heterocycles. The van der Waals surface area contributed by atoms with Crippen LogP contribution >= 0.6 is 0 Å². The summed E-state index contributed by atoms with van der Waals surface area (Å²) in [6, 6.07) is 9.09. The summed E-state index contributed by atoms with van der Waals surface area (Å²) >= 11 is 0. The van der Waals surface area contributed by atoms with Gasteiger partial charge in [0, 0.05) is 12.6 Å². The van der Waals surface area contributed by atoms with Gasteiger partial charge in [-0.05, 0) is 49.3 Å². The molecular formula is C17H27NO. The summed E-state index contributed by atoms with van der Waals surface area (Å²) in [5.74, 6) is 2.64. The van der Waals surface area contributed by atoms with Crippen molar-refractivity contribution in [1.82, 2.24) is 5.32 Å². The van der Waals surface area contributed by atoms with Gasteiger partial charge in [0.2, 0.25) is 0 Å². The maximum atomic E-state index is 5.55. The lowest BCUT2D eigenvalue weighted by molar-refractivity contribution is 0.227. The first-order valence-electron chi connectivity index (χ1n) is 7.64. The zero-order valence-electron chi connectivity index (χ0n) is 12.5. The average Bonchev–Trinajstić information content (AvgIpc) is 2.41. The quantitative estimate of drug-likeness (QED) is 0.865. The lowest BCUT2D eigenvalue weighted by Gasteiger charge is -2.33. The summed E-state index contributed by atoms with van der Waals surface area (Å²) in [5.41, 5.74) is 1.32. The van der Waals surface area contributed by atoms with E-state index in [0.717, 1.165) is 30.7 Å². The molecule has 0 spiro atoms. The van der Waals surface area contributed by atoms with Crippen LogP contribution in [0.4, 0.5) is 0 Å². The highest BCUT2D eigenvalue weighted by Crippen LogP contribution is 2.28. The van der Waals surface area contributed by atoms with Crippen LogP contribution in [0.15, 0.2) is 24.3 Å². The Morgan fingerprint density at radius 3 is 2.89 bits per heavy atom. The van der Waals surface area contributed by atoms with Crippen molar-refractivity contribution in [3.05, 3.63) is 29.8 Å². The molecular weight excluding hydrogens is 234 g/mol. The zero-order valence-corrected chi connectivity index (χ0v) is 12.5. The molecule has 106 valence electrons. The zero-order chi connectivity index (χ0) is 13.7. The van der Waals surface area contributed by atoms with Crippen molar-refractivity contribution in [2.24, 2.45) is 11.8 Å². The molecule has 1 aromatic carbocycles. The van der Waals surface area contributed by atoms with Crippen LogP contribution in [0.5, 0.6) is 5.75 Å². The van der Waals surface area contributed by atoms with Crippen molar-refractivity contribution < 1.29 is 4.74 Å². The van der Waals surface area contributed by atoms with Crippen LogP contribution in [-0.4, -0.2) is 12.6 Å². The molecule has 1 N–H and O–H groups in total. The normalized spacial score (nSPS) is 27.2. The molecule has 1 saturated carbocycles. The van der Waals surface area contributed by atoms with Crippen molar-refractivity contribution in [3.63, 3.8) is 0 Å². The predicted molar refractivity (Wildman–Crippen MR) is 80.4 cm³/mol. The fourth-order valence-corrected chi connectivity index (χ4v) is 2.98. The molecule has 0 amide bonds. The maximum Gasteiger partial charge on any atom is 0.119 e. The molecule has 3 unspecified atom stereocenters. The Morgan fingerprint density at radius 2 is 2.11 bits per heavy atom. The highest BCUT2D eigenvalue weighted by Gasteiger charge is 2.24. The molecule has 1 fully saturated rings. The van der Waals surface area contributed by atoms with Crippen LogP contribution in [0.25, 0.3) is 0 Å². The van der Waals surface area contributed by atoms with E-state index in [4.69, 9.17) is 4.74 Å². The van der Waals surface area contributed by atoms with E-state index in [2.05, 4.69) is 37.4 Å². The first-order valence-corrected chi connectivity index (χ1v) is 7.64. The minimum atomic E-state index is 0.666. The Labute approximate surface area is 117 Å². The van der Waals surface area contributed by atoms with E-state index in [1.807, 2.05) is 13.0 Å². The lowest BCUT2D eigenvalue weighted by atomic mass is 9.80. The van der Waals surface area contributed by atoms with Crippen LogP contribution in [0.1, 0.15) is 45.6 Å². The SMILES string of the molecule is CCOc1cccc(CNC2CC(C)CCC2C)c1. The molecule has 3 atom stereocenters. The van der Waals surface area contributed by atoms with Gasteiger partial charge in [0.05, 0.1) is 6.61 Å². The number of hydrogen-bond acceptors (Lipinski definition) is 2. The van der Waals surface area contributed by atoms with Crippen LogP contribution in [0.2, 0.25) is 0 Å². The molecule has 0 aliphatic heterocycles. The molecule has 2 rings (SSSR count). The van der Waals surface area contributed by atoms with Gasteiger partial charge in [0.25, 0.3) is 0 Å². The maximum absolute atomic E-state index is 5.55. The van der Waals surface area contributed by atoms with Crippen molar-refractivity contribution in [1.29, 1.82) is 0 Å². The van der Waals surface area contributed by atoms with E-state index in [9.17, 15) is 0 Å². The Balaban J connectivity index is 1.88. The van der Waals surface area contributed by atoms with Gasteiger partial charge in [0.1, 0.15) is 5.75 Å². The third-order valence-corrected chi connectivity index (χ3v) is 4.24. The van der Waals surface area contributed by atoms with Crippen molar-refractivity contribution >= 4 is 0 Å². The molecule has 0 radical (unpaired) electrons. The van der Waals surface area contributed by atoms with E-state index in [1.165, 1.54) is 24.8 Å². The lowest BCUT2D eigenvalue weighted by Crippen LogP contribution is -2.39. The number of nitrogens with one attached hydrogen (secondary N) is 1. The number of benzene rings is 1. The van der Waals surface area contributed by atoms with Gasteiger partial charge in [-0.2, -0.15) is 0 Å². The summed E-state index contributed by atoms with van der Waals surface area (Å²) in [4.78, 5) is 0. The molecule has 1 aromatic rings. The van der Waals surface area contributed by atoms with Gasteiger partial charge in [-0.1, -0.05) is 32.4 Å². The second-order valence-corrected chi connectivity index (χ2v) is 5.96. The second kappa shape index (κ2) is 6.95. The van der Waals surface area contributed by atoms with E-state index in [1.54, 1.807) is 0 Å². The standard InChI is InChI=1S/C17H27NO/c1-4-19-16-7-5-6-15(11-16)12-18-17-10-13(2)8-9-14(17)3/h5-7,11,13-14,17-18H,4,8-10,12H2,1-3H3. The van der Waals surface area contributed by atoms with Gasteiger partial charge in [-0.3, -0.25) is 0 Å². The van der Waals surface area contributed by atoms with Gasteiger partial charge in [-0.15, -0.1) is 0 Å². The van der Waals surface area contributed by atoms with Gasteiger partial charge < -0.3 is 10.1 Å². The number of ether oxygens (including phenoxy) is 1. The first-order chi connectivity index (χ1) is 9.19. The van der Waals surface area contributed by atoms with Crippen LogP contribution in [-0.2, 0) is 6.54 Å². The highest BCUT2D eigenvalue weighted by atomic mass is 16.5. The Bertz CT molecular complexity index is 391. The van der Waals surface area contributed by atoms with Crippen LogP contribution in [0, 0.1) is 11.8 Å². The van der Waals surface area contributed by atoms with E-state index in [-0.39, 0.29) is 0 Å². The summed E-state index contributed by atoms with van der Waals surface area (Å²) in [6.45, 7) is 8.45. The predicted octanol–water partition coefficient (Wildman–Crippen LogP) is 4.00. The summed E-state index contributed by atoms with van der Waals surface area (Å²) < 4.78 is 5.55. The number of hydrogen-bond donors (Lipinski definition) is 1. The monoisotopic (exact) mass is 261 g/mol. The molecule has 1 aliphatic rings. The largest absolute Gasteiger partial charge is 0.494 e. The molecule has 1 aliphatic carbocycles. The molecule has 0 bridgehead atoms. The van der Waals surface area contributed by atoms with Crippen LogP contribution in [0.3, 0.4) is 0 Å². The van der Waals surface area contributed by atoms with E-state index < -0.39 is 0 Å². The third-order valence-electron chi connectivity index (χ3n) is 4.24. The van der Waals surface area contributed by atoms with E-state index in [0.29, 0.717) is 6.04 Å². The molecule has 19 heavy (non-hydrogen) atoms. The third kappa shape index (κ3) is 4.24. The molecule has 2 nitrogen and oxygen atoms in total. The Kier molecular flexibility index (Phi) is 5.26. The van der Waals surface area contributed by atoms with Crippen molar-refractivity contribution in [3.8, 4) is 5.75 Å². The minimum Gasteiger partial charge on any atom is -0.494 e. The number of rotatable bonds is 5. The van der Waals surface area contributed by atoms with E-state index >= 15 is 0 Å². The molecule has 0 heterocycles. The first kappa shape index (κ1) is 14.4. The summed E-state index contributed by atoms with van der Waals surface area (Å²) in [6.07, 6.45) is 4.06. The molecule has 2 heteroatoms. The fourth-order valence-electron chi connectivity index (χ4n) is 2.98. The van der Waals surface area contributed by atoms with Crippen molar-refractivity contribution in [2.45, 2.75) is 52.6 Å². The van der Waals surface area contributed by atoms with Crippen LogP contribution < -0.4 is 10.1 Å². The van der Waals surface area contributed by atoms with Gasteiger partial charge in [0.15, 0.2) is 0 Å². The van der Waals surface area contributed by atoms with Gasteiger partial charge in [-0.25, -0.2) is 0 Å². The minimum absolute atomic E-state index is 0.666. The fraction of sp³-hybridized carbons (Fsp3) is 0.647. The summed E-state index contributed by atoms with van der Waals surface area (Å²) in [7, 11) is 0. The summed E-state index contributed by atoms with van der Waals surface area (Å²) in [5, 5.41) is 3.73.